The van der Waals surface area contributed by atoms with Crippen molar-refractivity contribution in [2.45, 2.75) is 19.3 Å². The lowest BCUT2D eigenvalue weighted by molar-refractivity contribution is 0.742. The van der Waals surface area contributed by atoms with Crippen LogP contribution in [0.1, 0.15) is 18.4 Å². The molecule has 1 heterocycles. The Hall–Kier alpha value is -0.410. The molecule has 0 saturated carbocycles. The van der Waals surface area contributed by atoms with E-state index >= 15 is 0 Å². The molecule has 1 aromatic heterocycles. The van der Waals surface area contributed by atoms with Gasteiger partial charge in [-0.15, -0.1) is 0 Å². The number of halogens is 1. The first-order valence-electron chi connectivity index (χ1n) is 4.13. The van der Waals surface area contributed by atoms with Crippen molar-refractivity contribution in [1.29, 1.82) is 0 Å². The minimum Gasteiger partial charge on any atom is -0.330 e. The molecule has 0 saturated heterocycles. The van der Waals surface area contributed by atoms with E-state index in [-0.39, 0.29) is 0 Å². The third kappa shape index (κ3) is 2.91. The number of unbranched alkanes of at least 4 members (excludes halogenated alkanes) is 1. The molecule has 0 atom stereocenters. The number of aromatic nitrogens is 1. The van der Waals surface area contributed by atoms with Crippen molar-refractivity contribution < 1.29 is 0 Å². The lowest BCUT2D eigenvalue weighted by atomic mass is 10.1. The van der Waals surface area contributed by atoms with Gasteiger partial charge in [0.2, 0.25) is 0 Å². The number of nitrogens with two attached hydrogens (primary N) is 1. The summed E-state index contributed by atoms with van der Waals surface area (Å²) in [6.07, 6.45) is 6.98. The molecule has 2 N–H and O–H groups in total. The summed E-state index contributed by atoms with van der Waals surface area (Å²) in [4.78, 5) is 4.00. The molecular weight excluding hydrogens is 216 g/mol. The van der Waals surface area contributed by atoms with E-state index < -0.39 is 0 Å². The zero-order valence-corrected chi connectivity index (χ0v) is 8.55. The van der Waals surface area contributed by atoms with E-state index in [1.165, 1.54) is 5.56 Å². The number of hydrogen-bond acceptors (Lipinski definition) is 2. The third-order valence-corrected chi connectivity index (χ3v) is 2.47. The summed E-state index contributed by atoms with van der Waals surface area (Å²) in [5, 5.41) is 0. The van der Waals surface area contributed by atoms with Gasteiger partial charge < -0.3 is 5.73 Å². The molecule has 2 nitrogen and oxygen atoms in total. The summed E-state index contributed by atoms with van der Waals surface area (Å²) in [6, 6.07) is 2.04. The van der Waals surface area contributed by atoms with Crippen molar-refractivity contribution in [3.63, 3.8) is 0 Å². The highest BCUT2D eigenvalue weighted by atomic mass is 79.9. The molecule has 1 aromatic rings. The van der Waals surface area contributed by atoms with Gasteiger partial charge in [-0.3, -0.25) is 4.98 Å². The average molecular weight is 229 g/mol. The van der Waals surface area contributed by atoms with Crippen molar-refractivity contribution in [1.82, 2.24) is 4.98 Å². The predicted molar refractivity (Wildman–Crippen MR) is 53.9 cm³/mol. The normalized spacial score (nSPS) is 10.2. The first kappa shape index (κ1) is 9.68. The van der Waals surface area contributed by atoms with Crippen LogP contribution in [0, 0.1) is 0 Å². The van der Waals surface area contributed by atoms with E-state index in [9.17, 15) is 0 Å². The summed E-state index contributed by atoms with van der Waals surface area (Å²) in [7, 11) is 0. The lowest BCUT2D eigenvalue weighted by Crippen LogP contribution is -1.99. The number of hydrogen-bond donors (Lipinski definition) is 1. The second-order valence-corrected chi connectivity index (χ2v) is 3.57. The van der Waals surface area contributed by atoms with E-state index in [1.54, 1.807) is 0 Å². The molecule has 0 aliphatic heterocycles. The number of rotatable bonds is 4. The maximum Gasteiger partial charge on any atom is 0.0412 e. The monoisotopic (exact) mass is 228 g/mol. The zero-order valence-electron chi connectivity index (χ0n) is 6.96. The van der Waals surface area contributed by atoms with E-state index in [4.69, 9.17) is 5.73 Å². The van der Waals surface area contributed by atoms with Gasteiger partial charge in [0.15, 0.2) is 0 Å². The van der Waals surface area contributed by atoms with Crippen molar-refractivity contribution in [3.05, 3.63) is 28.5 Å². The SMILES string of the molecule is NCCCCc1ccncc1Br. The van der Waals surface area contributed by atoms with Gasteiger partial charge in [-0.2, -0.15) is 0 Å². The van der Waals surface area contributed by atoms with E-state index in [2.05, 4.69) is 20.9 Å². The van der Waals surface area contributed by atoms with Gasteiger partial charge in [-0.05, 0) is 53.4 Å². The molecule has 0 fully saturated rings. The molecule has 0 amide bonds. The summed E-state index contributed by atoms with van der Waals surface area (Å²) in [5.41, 5.74) is 6.72. The second-order valence-electron chi connectivity index (χ2n) is 2.71. The lowest BCUT2D eigenvalue weighted by Gasteiger charge is -2.01. The van der Waals surface area contributed by atoms with Crippen LogP contribution in [0.25, 0.3) is 0 Å². The van der Waals surface area contributed by atoms with Gasteiger partial charge in [0.05, 0.1) is 0 Å². The van der Waals surface area contributed by atoms with Crippen LogP contribution in [0.2, 0.25) is 0 Å². The molecule has 0 spiro atoms. The summed E-state index contributed by atoms with van der Waals surface area (Å²) < 4.78 is 1.10. The highest BCUT2D eigenvalue weighted by molar-refractivity contribution is 9.10. The molecule has 0 aromatic carbocycles. The van der Waals surface area contributed by atoms with E-state index in [0.29, 0.717) is 0 Å². The molecule has 3 heteroatoms. The minimum atomic E-state index is 0.780. The van der Waals surface area contributed by atoms with Crippen molar-refractivity contribution >= 4 is 15.9 Å². The molecule has 0 bridgehead atoms. The molecule has 0 aliphatic rings. The molecular formula is C9H13BrN2. The number of nitrogens with zero attached hydrogens (tertiary/aromatic N) is 1. The molecule has 0 radical (unpaired) electrons. The Balaban J connectivity index is 2.46. The van der Waals surface area contributed by atoms with Crippen LogP contribution in [0.5, 0.6) is 0 Å². The first-order chi connectivity index (χ1) is 5.84. The van der Waals surface area contributed by atoms with Crippen molar-refractivity contribution in [3.8, 4) is 0 Å². The largest absolute Gasteiger partial charge is 0.330 e. The van der Waals surface area contributed by atoms with Gasteiger partial charge >= 0.3 is 0 Å². The topological polar surface area (TPSA) is 38.9 Å². The Kier molecular flexibility index (Phi) is 4.25. The van der Waals surface area contributed by atoms with Gasteiger partial charge in [-0.25, -0.2) is 0 Å². The van der Waals surface area contributed by atoms with Crippen LogP contribution in [0.3, 0.4) is 0 Å². The van der Waals surface area contributed by atoms with Crippen LogP contribution in [0.4, 0.5) is 0 Å². The van der Waals surface area contributed by atoms with Gasteiger partial charge in [-0.1, -0.05) is 0 Å². The summed E-state index contributed by atoms with van der Waals surface area (Å²) in [6.45, 7) is 0.780. The van der Waals surface area contributed by atoms with Crippen LogP contribution >= 0.6 is 15.9 Å². The Morgan fingerprint density at radius 3 is 2.92 bits per heavy atom. The standard InChI is InChI=1S/C9H13BrN2/c10-9-7-12-6-4-8(9)3-1-2-5-11/h4,6-7H,1-3,5,11H2. The predicted octanol–water partition coefficient (Wildman–Crippen LogP) is 2.13. The van der Waals surface area contributed by atoms with Gasteiger partial charge in [0.25, 0.3) is 0 Å². The molecule has 0 unspecified atom stereocenters. The highest BCUT2D eigenvalue weighted by Crippen LogP contribution is 2.16. The first-order valence-corrected chi connectivity index (χ1v) is 4.92. The van der Waals surface area contributed by atoms with E-state index in [0.717, 1.165) is 30.3 Å². The van der Waals surface area contributed by atoms with E-state index in [1.807, 2.05) is 18.5 Å². The fourth-order valence-electron chi connectivity index (χ4n) is 1.07. The fourth-order valence-corrected chi connectivity index (χ4v) is 1.52. The minimum absolute atomic E-state index is 0.780. The zero-order chi connectivity index (χ0) is 8.81. The number of aryl methyl sites for hydroxylation is 1. The maximum absolute atomic E-state index is 5.41. The molecule has 66 valence electrons. The fraction of sp³-hybridized carbons (Fsp3) is 0.444. The Bertz CT molecular complexity index is 238. The van der Waals surface area contributed by atoms with Gasteiger partial charge in [0.1, 0.15) is 0 Å². The van der Waals surface area contributed by atoms with Crippen molar-refractivity contribution in [2.24, 2.45) is 5.73 Å². The maximum atomic E-state index is 5.41. The summed E-state index contributed by atoms with van der Waals surface area (Å²) >= 11 is 3.45. The average Bonchev–Trinajstić information content (AvgIpc) is 2.09. The third-order valence-electron chi connectivity index (χ3n) is 1.76. The molecule has 0 aliphatic carbocycles. The van der Waals surface area contributed by atoms with Crippen molar-refractivity contribution in [2.75, 3.05) is 6.54 Å². The van der Waals surface area contributed by atoms with Crippen LogP contribution in [-0.2, 0) is 6.42 Å². The number of pyridine rings is 1. The van der Waals surface area contributed by atoms with Gasteiger partial charge in [0, 0.05) is 16.9 Å². The highest BCUT2D eigenvalue weighted by Gasteiger charge is 1.97. The second kappa shape index (κ2) is 5.27. The smallest absolute Gasteiger partial charge is 0.0412 e. The summed E-state index contributed by atoms with van der Waals surface area (Å²) in [5.74, 6) is 0. The Morgan fingerprint density at radius 2 is 2.25 bits per heavy atom. The quantitative estimate of drug-likeness (QED) is 0.803. The molecule has 12 heavy (non-hydrogen) atoms. The van der Waals surface area contributed by atoms with Crippen LogP contribution in [0.15, 0.2) is 22.9 Å². The van der Waals surface area contributed by atoms with Crippen LogP contribution < -0.4 is 5.73 Å². The molecule has 1 rings (SSSR count). The van der Waals surface area contributed by atoms with Crippen LogP contribution in [-0.4, -0.2) is 11.5 Å². The Labute approximate surface area is 81.3 Å². The Morgan fingerprint density at radius 1 is 1.42 bits per heavy atom.